The lowest BCUT2D eigenvalue weighted by atomic mass is 9.68. The molecule has 1 amide bonds. The summed E-state index contributed by atoms with van der Waals surface area (Å²) in [5.74, 6) is -0.898. The normalized spacial score (nSPS) is 16.5. The second-order valence-corrected chi connectivity index (χ2v) is 11.2. The number of hydrogen-bond donors (Lipinski definition) is 2. The quantitative estimate of drug-likeness (QED) is 0.117. The van der Waals surface area contributed by atoms with Crippen molar-refractivity contribution in [3.8, 4) is 17.5 Å². The zero-order valence-electron chi connectivity index (χ0n) is 24.8. The van der Waals surface area contributed by atoms with E-state index in [2.05, 4.69) is 16.4 Å². The molecule has 1 unspecified atom stereocenters. The average Bonchev–Trinajstić information content (AvgIpc) is 3.65. The minimum Gasteiger partial charge on any atom is -0.438 e. The Bertz CT molecular complexity index is 2560. The summed E-state index contributed by atoms with van der Waals surface area (Å²) in [5, 5.41) is 41.9. The number of nitro benzene ring substituents is 2. The van der Waals surface area contributed by atoms with Gasteiger partial charge in [-0.05, 0) is 30.3 Å². The van der Waals surface area contributed by atoms with Crippen LogP contribution in [0.5, 0.6) is 5.75 Å². The Labute approximate surface area is 273 Å². The number of carbonyl (C=O) groups excluding carboxylic acids is 1. The fourth-order valence-corrected chi connectivity index (χ4v) is 6.60. The molecule has 0 saturated carbocycles. The number of para-hydroxylation sites is 3. The number of aromatic nitrogens is 5. The average molecular weight is 654 g/mol. The minimum absolute atomic E-state index is 0.0480. The molecule has 0 radical (unpaired) electrons. The van der Waals surface area contributed by atoms with Crippen LogP contribution in [0.25, 0.3) is 27.8 Å². The minimum atomic E-state index is -1.90. The van der Waals surface area contributed by atoms with E-state index in [1.165, 1.54) is 17.2 Å². The second-order valence-electron chi connectivity index (χ2n) is 11.2. The van der Waals surface area contributed by atoms with Gasteiger partial charge in [0.25, 0.3) is 5.69 Å². The first-order chi connectivity index (χ1) is 23.6. The summed E-state index contributed by atoms with van der Waals surface area (Å²) in [5.41, 5.74) is 12.6. The lowest BCUT2D eigenvalue weighted by Gasteiger charge is -2.35. The number of amides is 1. The molecule has 49 heavy (non-hydrogen) atoms. The molecular formula is C32H19N11O6. The highest BCUT2D eigenvalue weighted by molar-refractivity contribution is 6.16. The molecule has 8 rings (SSSR count). The Kier molecular flexibility index (Phi) is 6.07. The standard InChI is InChI=1S/C32H19N11O6/c33-13-19-30(35)49-29-20(34)12-23-28(38-22-7-3-2-6-21(22)37-23)27(29)32(19)18-5-1-4-8-24(18)40(31(32)44)15-17-14-36-39-41(17)25-10-9-16(42(45)46)11-26(25)43(47)48/h1-12,14H,15,34-35H2. The molecular weight excluding hydrogens is 634 g/mol. The largest absolute Gasteiger partial charge is 0.438 e. The molecule has 1 atom stereocenters. The van der Waals surface area contributed by atoms with Crippen LogP contribution in [-0.2, 0) is 16.8 Å². The molecule has 2 aromatic heterocycles. The highest BCUT2D eigenvalue weighted by atomic mass is 16.6. The van der Waals surface area contributed by atoms with Gasteiger partial charge < -0.3 is 21.1 Å². The Balaban J connectivity index is 1.36. The maximum Gasteiger partial charge on any atom is 0.301 e. The number of nitrogen functional groups attached to an aromatic ring is 1. The van der Waals surface area contributed by atoms with Gasteiger partial charge in [-0.15, -0.1) is 5.10 Å². The van der Waals surface area contributed by atoms with Gasteiger partial charge in [-0.1, -0.05) is 35.5 Å². The highest BCUT2D eigenvalue weighted by Gasteiger charge is 2.60. The molecule has 2 aliphatic rings. The summed E-state index contributed by atoms with van der Waals surface area (Å²) in [6.45, 7) is -0.248. The van der Waals surface area contributed by atoms with E-state index in [4.69, 9.17) is 26.2 Å². The Hall–Kier alpha value is -7.48. The molecule has 6 aromatic rings. The Morgan fingerprint density at radius 3 is 2.39 bits per heavy atom. The summed E-state index contributed by atoms with van der Waals surface area (Å²) in [4.78, 5) is 48.0. The van der Waals surface area contributed by atoms with Crippen LogP contribution in [0.4, 0.5) is 22.7 Å². The zero-order chi connectivity index (χ0) is 34.2. The fraction of sp³-hybridized carbons (Fsp3) is 0.0625. The number of benzene rings is 4. The van der Waals surface area contributed by atoms with E-state index in [0.717, 1.165) is 16.8 Å². The number of ether oxygens (including phenoxy) is 1. The molecule has 2 aliphatic heterocycles. The molecule has 4 heterocycles. The van der Waals surface area contributed by atoms with E-state index in [-0.39, 0.29) is 51.9 Å². The maximum absolute atomic E-state index is 15.2. The number of nitro groups is 2. The number of non-ortho nitro benzene ring substituents is 1. The smallest absolute Gasteiger partial charge is 0.301 e. The van der Waals surface area contributed by atoms with Crippen molar-refractivity contribution in [3.63, 3.8) is 0 Å². The van der Waals surface area contributed by atoms with Gasteiger partial charge >= 0.3 is 5.69 Å². The van der Waals surface area contributed by atoms with Gasteiger partial charge in [-0.3, -0.25) is 25.0 Å². The van der Waals surface area contributed by atoms with Crippen LogP contribution in [0.2, 0.25) is 0 Å². The number of carbonyl (C=O) groups is 1. The predicted octanol–water partition coefficient (Wildman–Crippen LogP) is 3.68. The number of anilines is 2. The lowest BCUT2D eigenvalue weighted by molar-refractivity contribution is -0.394. The highest BCUT2D eigenvalue weighted by Crippen LogP contribution is 2.58. The maximum atomic E-state index is 15.2. The first-order valence-electron chi connectivity index (χ1n) is 14.5. The van der Waals surface area contributed by atoms with Crippen molar-refractivity contribution in [2.75, 3.05) is 10.6 Å². The third-order valence-corrected chi connectivity index (χ3v) is 8.64. The summed E-state index contributed by atoms with van der Waals surface area (Å²) in [7, 11) is 0. The second kappa shape index (κ2) is 10.3. The molecule has 238 valence electrons. The summed E-state index contributed by atoms with van der Waals surface area (Å²) in [6, 6.07) is 20.7. The van der Waals surface area contributed by atoms with Gasteiger partial charge in [-0.2, -0.15) is 5.26 Å². The SMILES string of the molecule is N#CC1=C(N)Oc2c(N)cc3nc4ccccc4nc3c2C12C(=O)N(Cc1cnnn1-c1ccc([N+](=O)[O-])cc1[N+](=O)[O-])c1ccccc12. The van der Waals surface area contributed by atoms with E-state index in [1.807, 2.05) is 6.07 Å². The number of nitrogens with two attached hydrogens (primary N) is 2. The van der Waals surface area contributed by atoms with Gasteiger partial charge in [0.15, 0.2) is 5.75 Å². The van der Waals surface area contributed by atoms with Crippen molar-refractivity contribution in [1.29, 1.82) is 5.26 Å². The van der Waals surface area contributed by atoms with Crippen molar-refractivity contribution >= 4 is 50.7 Å². The first kappa shape index (κ1) is 29.0. The van der Waals surface area contributed by atoms with Crippen molar-refractivity contribution in [3.05, 3.63) is 127 Å². The molecule has 0 aliphatic carbocycles. The van der Waals surface area contributed by atoms with Gasteiger partial charge in [0.05, 0.1) is 67.7 Å². The Morgan fingerprint density at radius 1 is 0.918 bits per heavy atom. The molecule has 0 bridgehead atoms. The van der Waals surface area contributed by atoms with Crippen LogP contribution < -0.4 is 21.1 Å². The van der Waals surface area contributed by atoms with Crippen molar-refractivity contribution in [2.45, 2.75) is 12.0 Å². The lowest BCUT2D eigenvalue weighted by Crippen LogP contribution is -2.46. The van der Waals surface area contributed by atoms with Gasteiger partial charge in [0.1, 0.15) is 22.7 Å². The number of hydrogen-bond acceptors (Lipinski definition) is 13. The van der Waals surface area contributed by atoms with Crippen LogP contribution in [0.3, 0.4) is 0 Å². The molecule has 1 spiro atoms. The van der Waals surface area contributed by atoms with Gasteiger partial charge in [-0.25, -0.2) is 14.6 Å². The van der Waals surface area contributed by atoms with Crippen LogP contribution in [0.15, 0.2) is 90.4 Å². The van der Waals surface area contributed by atoms with Crippen LogP contribution in [-0.4, -0.2) is 40.7 Å². The summed E-state index contributed by atoms with van der Waals surface area (Å²) < 4.78 is 7.08. The van der Waals surface area contributed by atoms with E-state index >= 15 is 4.79 Å². The predicted molar refractivity (Wildman–Crippen MR) is 172 cm³/mol. The van der Waals surface area contributed by atoms with Crippen LogP contribution in [0.1, 0.15) is 16.8 Å². The van der Waals surface area contributed by atoms with Gasteiger partial charge in [0.2, 0.25) is 11.8 Å². The summed E-state index contributed by atoms with van der Waals surface area (Å²) >= 11 is 0. The molecule has 17 heteroatoms. The third-order valence-electron chi connectivity index (χ3n) is 8.64. The van der Waals surface area contributed by atoms with E-state index in [1.54, 1.807) is 48.5 Å². The fourth-order valence-electron chi connectivity index (χ4n) is 6.60. The molecule has 17 nitrogen and oxygen atoms in total. The van der Waals surface area contributed by atoms with E-state index in [0.29, 0.717) is 27.8 Å². The van der Waals surface area contributed by atoms with Crippen molar-refractivity contribution in [2.24, 2.45) is 5.73 Å². The number of nitrogens with zero attached hydrogens (tertiary/aromatic N) is 9. The Morgan fingerprint density at radius 2 is 1.65 bits per heavy atom. The molecule has 0 fully saturated rings. The molecule has 4 aromatic carbocycles. The van der Waals surface area contributed by atoms with Crippen molar-refractivity contribution < 1.29 is 19.4 Å². The zero-order valence-corrected chi connectivity index (χ0v) is 24.8. The van der Waals surface area contributed by atoms with Crippen LogP contribution >= 0.6 is 0 Å². The van der Waals surface area contributed by atoms with Gasteiger partial charge in [0, 0.05) is 17.3 Å². The monoisotopic (exact) mass is 653 g/mol. The summed E-state index contributed by atoms with van der Waals surface area (Å²) in [6.07, 6.45) is 1.31. The topological polar surface area (TPSA) is 248 Å². The number of rotatable bonds is 5. The molecule has 0 saturated heterocycles. The third kappa shape index (κ3) is 3.94. The van der Waals surface area contributed by atoms with Crippen LogP contribution in [0, 0.1) is 31.6 Å². The number of nitriles is 1. The number of fused-ring (bicyclic) bond motifs is 7. The molecule has 4 N–H and O–H groups in total. The van der Waals surface area contributed by atoms with Crippen molar-refractivity contribution in [1.82, 2.24) is 25.0 Å². The van der Waals surface area contributed by atoms with E-state index in [9.17, 15) is 25.5 Å². The van der Waals surface area contributed by atoms with E-state index < -0.39 is 32.5 Å². The first-order valence-corrected chi connectivity index (χ1v) is 14.5.